The first-order valence-corrected chi connectivity index (χ1v) is 7.56. The second-order valence-corrected chi connectivity index (χ2v) is 5.36. The smallest absolute Gasteiger partial charge is 0.254 e. The SMILES string of the molecule is Cc1cc(NCCCOC2CCNCC2)n2ncnc2n1. The molecule has 0 bridgehead atoms. The van der Waals surface area contributed by atoms with Crippen LogP contribution in [-0.4, -0.2) is 51.9 Å². The molecule has 1 fully saturated rings. The van der Waals surface area contributed by atoms with Gasteiger partial charge in [-0.05, 0) is 39.3 Å². The quantitative estimate of drug-likeness (QED) is 0.773. The van der Waals surface area contributed by atoms with E-state index in [0.29, 0.717) is 11.9 Å². The number of rotatable bonds is 6. The summed E-state index contributed by atoms with van der Waals surface area (Å²) in [4.78, 5) is 8.44. The third-order valence-corrected chi connectivity index (χ3v) is 3.65. The fourth-order valence-electron chi connectivity index (χ4n) is 2.56. The second kappa shape index (κ2) is 6.82. The third kappa shape index (κ3) is 3.68. The molecule has 3 heterocycles. The number of piperidine rings is 1. The predicted octanol–water partition coefficient (Wildman–Crippen LogP) is 1.00. The molecule has 2 N–H and O–H groups in total. The normalized spacial score (nSPS) is 16.4. The standard InChI is InChI=1S/C14H22N6O/c1-11-9-13(20-14(19-11)17-10-18-20)16-5-2-8-21-12-3-6-15-7-4-12/h9-10,12,15-16H,2-8H2,1H3. The maximum absolute atomic E-state index is 5.89. The molecule has 0 aliphatic carbocycles. The Hall–Kier alpha value is -1.73. The number of anilines is 1. The van der Waals surface area contributed by atoms with Crippen molar-refractivity contribution in [1.29, 1.82) is 0 Å². The molecule has 7 heteroatoms. The number of nitrogens with one attached hydrogen (secondary N) is 2. The van der Waals surface area contributed by atoms with Crippen LogP contribution in [-0.2, 0) is 4.74 Å². The van der Waals surface area contributed by atoms with Gasteiger partial charge in [0.2, 0.25) is 0 Å². The first-order valence-electron chi connectivity index (χ1n) is 7.56. The van der Waals surface area contributed by atoms with Crippen molar-refractivity contribution in [3.05, 3.63) is 18.1 Å². The number of hydrogen-bond donors (Lipinski definition) is 2. The number of aromatic nitrogens is 4. The topological polar surface area (TPSA) is 76.4 Å². The summed E-state index contributed by atoms with van der Waals surface area (Å²) >= 11 is 0. The molecule has 1 aliphatic rings. The fraction of sp³-hybridized carbons (Fsp3) is 0.643. The molecule has 21 heavy (non-hydrogen) atoms. The Morgan fingerprint density at radius 2 is 2.29 bits per heavy atom. The van der Waals surface area contributed by atoms with Crippen LogP contribution in [0, 0.1) is 6.92 Å². The van der Waals surface area contributed by atoms with Crippen molar-refractivity contribution >= 4 is 11.6 Å². The van der Waals surface area contributed by atoms with Gasteiger partial charge in [0.15, 0.2) is 0 Å². The predicted molar refractivity (Wildman–Crippen MR) is 80.5 cm³/mol. The van der Waals surface area contributed by atoms with Crippen LogP contribution >= 0.6 is 0 Å². The van der Waals surface area contributed by atoms with Crippen molar-refractivity contribution < 1.29 is 4.74 Å². The lowest BCUT2D eigenvalue weighted by molar-refractivity contribution is 0.0329. The molecule has 0 atom stereocenters. The Morgan fingerprint density at radius 1 is 1.43 bits per heavy atom. The van der Waals surface area contributed by atoms with E-state index in [2.05, 4.69) is 25.7 Å². The first kappa shape index (κ1) is 14.2. The van der Waals surface area contributed by atoms with E-state index >= 15 is 0 Å². The van der Waals surface area contributed by atoms with Crippen LogP contribution in [0.5, 0.6) is 0 Å². The van der Waals surface area contributed by atoms with Gasteiger partial charge in [0.25, 0.3) is 5.78 Å². The monoisotopic (exact) mass is 290 g/mol. The van der Waals surface area contributed by atoms with Crippen LogP contribution in [0.2, 0.25) is 0 Å². The Labute approximate surface area is 124 Å². The Morgan fingerprint density at radius 3 is 3.14 bits per heavy atom. The minimum absolute atomic E-state index is 0.427. The van der Waals surface area contributed by atoms with E-state index in [1.54, 1.807) is 4.52 Å². The van der Waals surface area contributed by atoms with E-state index in [9.17, 15) is 0 Å². The number of hydrogen-bond acceptors (Lipinski definition) is 6. The van der Waals surface area contributed by atoms with Crippen molar-refractivity contribution in [1.82, 2.24) is 24.9 Å². The Kier molecular flexibility index (Phi) is 4.62. The zero-order chi connectivity index (χ0) is 14.5. The summed E-state index contributed by atoms with van der Waals surface area (Å²) in [5.41, 5.74) is 0.934. The molecule has 3 rings (SSSR count). The zero-order valence-electron chi connectivity index (χ0n) is 12.4. The maximum atomic E-state index is 5.89. The van der Waals surface area contributed by atoms with E-state index in [1.807, 2.05) is 13.0 Å². The van der Waals surface area contributed by atoms with E-state index in [4.69, 9.17) is 4.74 Å². The summed E-state index contributed by atoms with van der Waals surface area (Å²) in [6, 6.07) is 1.98. The lowest BCUT2D eigenvalue weighted by atomic mass is 10.1. The van der Waals surface area contributed by atoms with E-state index in [1.165, 1.54) is 6.33 Å². The summed E-state index contributed by atoms with van der Waals surface area (Å²) in [6.07, 6.45) is 5.17. The molecular formula is C14H22N6O. The van der Waals surface area contributed by atoms with Crippen molar-refractivity contribution in [2.45, 2.75) is 32.3 Å². The Balaban J connectivity index is 1.45. The van der Waals surface area contributed by atoms with Crippen LogP contribution in [0.1, 0.15) is 25.0 Å². The second-order valence-electron chi connectivity index (χ2n) is 5.36. The number of ether oxygens (including phenoxy) is 1. The van der Waals surface area contributed by atoms with Gasteiger partial charge in [0.05, 0.1) is 6.10 Å². The van der Waals surface area contributed by atoms with E-state index < -0.39 is 0 Å². The molecule has 0 aromatic carbocycles. The average molecular weight is 290 g/mol. The van der Waals surface area contributed by atoms with Gasteiger partial charge in [-0.1, -0.05) is 0 Å². The fourth-order valence-corrected chi connectivity index (χ4v) is 2.56. The highest BCUT2D eigenvalue weighted by Gasteiger charge is 2.12. The highest BCUT2D eigenvalue weighted by molar-refractivity contribution is 5.44. The molecule has 0 radical (unpaired) electrons. The molecule has 0 unspecified atom stereocenters. The van der Waals surface area contributed by atoms with Crippen molar-refractivity contribution in [2.75, 3.05) is 31.6 Å². The largest absolute Gasteiger partial charge is 0.378 e. The lowest BCUT2D eigenvalue weighted by Crippen LogP contribution is -2.32. The maximum Gasteiger partial charge on any atom is 0.254 e. The molecule has 0 saturated carbocycles. The summed E-state index contributed by atoms with van der Waals surface area (Å²) in [5.74, 6) is 1.56. The van der Waals surface area contributed by atoms with E-state index in [-0.39, 0.29) is 0 Å². The van der Waals surface area contributed by atoms with Gasteiger partial charge >= 0.3 is 0 Å². The van der Waals surface area contributed by atoms with Gasteiger partial charge in [0, 0.05) is 24.9 Å². The van der Waals surface area contributed by atoms with Crippen LogP contribution in [0.25, 0.3) is 5.78 Å². The summed E-state index contributed by atoms with van der Waals surface area (Å²) in [6.45, 7) is 5.75. The van der Waals surface area contributed by atoms with Gasteiger partial charge in [-0.2, -0.15) is 14.6 Å². The minimum Gasteiger partial charge on any atom is -0.378 e. The molecule has 1 aliphatic heterocycles. The number of aryl methyl sites for hydroxylation is 1. The summed E-state index contributed by atoms with van der Waals surface area (Å²) in [7, 11) is 0. The molecule has 0 spiro atoms. The molecule has 2 aromatic heterocycles. The first-order chi connectivity index (χ1) is 10.3. The molecule has 1 saturated heterocycles. The molecule has 114 valence electrons. The van der Waals surface area contributed by atoms with Crippen LogP contribution in [0.3, 0.4) is 0 Å². The van der Waals surface area contributed by atoms with Gasteiger partial charge in [-0.15, -0.1) is 0 Å². The highest BCUT2D eigenvalue weighted by atomic mass is 16.5. The van der Waals surface area contributed by atoms with Gasteiger partial charge in [-0.25, -0.2) is 4.98 Å². The van der Waals surface area contributed by atoms with Crippen molar-refractivity contribution in [3.63, 3.8) is 0 Å². The third-order valence-electron chi connectivity index (χ3n) is 3.65. The molecular weight excluding hydrogens is 268 g/mol. The highest BCUT2D eigenvalue weighted by Crippen LogP contribution is 2.10. The lowest BCUT2D eigenvalue weighted by Gasteiger charge is -2.22. The molecule has 7 nitrogen and oxygen atoms in total. The average Bonchev–Trinajstić information content (AvgIpc) is 2.96. The summed E-state index contributed by atoms with van der Waals surface area (Å²) in [5, 5.41) is 10.9. The molecule has 0 amide bonds. The van der Waals surface area contributed by atoms with Gasteiger partial charge < -0.3 is 15.4 Å². The van der Waals surface area contributed by atoms with Gasteiger partial charge in [0.1, 0.15) is 12.1 Å². The Bertz CT molecular complexity index is 578. The van der Waals surface area contributed by atoms with Crippen LogP contribution < -0.4 is 10.6 Å². The summed E-state index contributed by atoms with van der Waals surface area (Å²) < 4.78 is 7.61. The number of nitrogens with zero attached hydrogens (tertiary/aromatic N) is 4. The van der Waals surface area contributed by atoms with Gasteiger partial charge in [-0.3, -0.25) is 0 Å². The van der Waals surface area contributed by atoms with E-state index in [0.717, 1.165) is 57.0 Å². The van der Waals surface area contributed by atoms with Crippen molar-refractivity contribution in [2.24, 2.45) is 0 Å². The molecule has 2 aromatic rings. The zero-order valence-corrected chi connectivity index (χ0v) is 12.4. The minimum atomic E-state index is 0.427. The number of fused-ring (bicyclic) bond motifs is 1. The van der Waals surface area contributed by atoms with Crippen LogP contribution in [0.15, 0.2) is 12.4 Å². The van der Waals surface area contributed by atoms with Crippen molar-refractivity contribution in [3.8, 4) is 0 Å². The van der Waals surface area contributed by atoms with Crippen LogP contribution in [0.4, 0.5) is 5.82 Å².